The van der Waals surface area contributed by atoms with Crippen LogP contribution < -0.4 is 5.73 Å². The molecule has 0 radical (unpaired) electrons. The Morgan fingerprint density at radius 3 is 2.64 bits per heavy atom. The molecule has 0 aromatic rings. The zero-order chi connectivity index (χ0) is 8.69. The van der Waals surface area contributed by atoms with Crippen LogP contribution in [0.4, 0.5) is 0 Å². The molecule has 0 saturated carbocycles. The van der Waals surface area contributed by atoms with Crippen LogP contribution in [-0.4, -0.2) is 5.84 Å². The van der Waals surface area contributed by atoms with Gasteiger partial charge in [-0.15, -0.1) is 12.3 Å². The third-order valence-electron chi connectivity index (χ3n) is 1.43. The van der Waals surface area contributed by atoms with Crippen LogP contribution in [0.5, 0.6) is 0 Å². The molecule has 0 spiro atoms. The molecular formula is C9H14N2. The number of amidine groups is 1. The van der Waals surface area contributed by atoms with Crippen LogP contribution in [0.25, 0.3) is 0 Å². The quantitative estimate of drug-likeness (QED) is 0.266. The Morgan fingerprint density at radius 2 is 2.18 bits per heavy atom. The molecule has 11 heavy (non-hydrogen) atoms. The topological polar surface area (TPSA) is 49.9 Å². The van der Waals surface area contributed by atoms with Crippen molar-refractivity contribution in [1.82, 2.24) is 0 Å². The van der Waals surface area contributed by atoms with E-state index in [1.54, 1.807) is 0 Å². The molecule has 0 aliphatic rings. The van der Waals surface area contributed by atoms with Crippen molar-refractivity contribution in [3.8, 4) is 12.3 Å². The molecule has 0 fully saturated rings. The molecular weight excluding hydrogens is 136 g/mol. The standard InChI is InChI=1S/C9H14N2/c1-3-4-5-6-7-8(2)9(10)11/h1H,2,4-7H2,(H3,10,11). The van der Waals surface area contributed by atoms with Crippen LogP contribution in [0, 0.1) is 17.8 Å². The predicted molar refractivity (Wildman–Crippen MR) is 48.4 cm³/mol. The van der Waals surface area contributed by atoms with E-state index in [1.165, 1.54) is 0 Å². The van der Waals surface area contributed by atoms with Gasteiger partial charge in [0.25, 0.3) is 0 Å². The highest BCUT2D eigenvalue weighted by Crippen LogP contribution is 2.05. The first-order valence-electron chi connectivity index (χ1n) is 3.64. The van der Waals surface area contributed by atoms with Gasteiger partial charge >= 0.3 is 0 Å². The van der Waals surface area contributed by atoms with Gasteiger partial charge in [-0.3, -0.25) is 5.41 Å². The fraction of sp³-hybridized carbons (Fsp3) is 0.444. The van der Waals surface area contributed by atoms with Gasteiger partial charge < -0.3 is 5.73 Å². The van der Waals surface area contributed by atoms with E-state index in [-0.39, 0.29) is 5.84 Å². The second kappa shape index (κ2) is 5.55. The Kier molecular flexibility index (Phi) is 4.93. The molecule has 0 aromatic carbocycles. The van der Waals surface area contributed by atoms with E-state index in [4.69, 9.17) is 17.6 Å². The molecule has 0 aliphatic carbocycles. The van der Waals surface area contributed by atoms with Gasteiger partial charge in [0.2, 0.25) is 0 Å². The average molecular weight is 150 g/mol. The highest BCUT2D eigenvalue weighted by Gasteiger charge is 1.95. The molecule has 0 rings (SSSR count). The summed E-state index contributed by atoms with van der Waals surface area (Å²) in [5.41, 5.74) is 5.90. The summed E-state index contributed by atoms with van der Waals surface area (Å²) in [5.74, 6) is 2.64. The molecule has 0 aromatic heterocycles. The maximum atomic E-state index is 7.02. The van der Waals surface area contributed by atoms with Gasteiger partial charge in [0, 0.05) is 6.42 Å². The minimum absolute atomic E-state index is 0.0886. The first-order valence-corrected chi connectivity index (χ1v) is 3.64. The molecule has 60 valence electrons. The number of rotatable bonds is 5. The van der Waals surface area contributed by atoms with Crippen molar-refractivity contribution in [2.75, 3.05) is 0 Å². The Bertz CT molecular complexity index is 186. The smallest absolute Gasteiger partial charge is 0.118 e. The average Bonchev–Trinajstić information content (AvgIpc) is 1.97. The zero-order valence-corrected chi connectivity index (χ0v) is 6.69. The van der Waals surface area contributed by atoms with E-state index in [2.05, 4.69) is 12.5 Å². The SMILES string of the molecule is C#CCCCCC(=C)C(=N)N. The minimum atomic E-state index is 0.0886. The summed E-state index contributed by atoms with van der Waals surface area (Å²) in [6, 6.07) is 0. The lowest BCUT2D eigenvalue weighted by atomic mass is 10.1. The number of nitrogens with one attached hydrogen (secondary N) is 1. The third kappa shape index (κ3) is 5.23. The van der Waals surface area contributed by atoms with Crippen molar-refractivity contribution in [2.24, 2.45) is 5.73 Å². The summed E-state index contributed by atoms with van der Waals surface area (Å²) in [5, 5.41) is 7.02. The number of terminal acetylenes is 1. The summed E-state index contributed by atoms with van der Waals surface area (Å²) in [6.45, 7) is 3.65. The summed E-state index contributed by atoms with van der Waals surface area (Å²) >= 11 is 0. The van der Waals surface area contributed by atoms with Crippen molar-refractivity contribution in [2.45, 2.75) is 25.7 Å². The second-order valence-electron chi connectivity index (χ2n) is 2.43. The van der Waals surface area contributed by atoms with Crippen LogP contribution in [-0.2, 0) is 0 Å². The maximum absolute atomic E-state index is 7.02. The molecule has 0 unspecified atom stereocenters. The van der Waals surface area contributed by atoms with Gasteiger partial charge in [-0.25, -0.2) is 0 Å². The molecule has 2 heteroatoms. The van der Waals surface area contributed by atoms with Crippen LogP contribution in [0.1, 0.15) is 25.7 Å². The molecule has 3 N–H and O–H groups in total. The van der Waals surface area contributed by atoms with E-state index in [0.717, 1.165) is 25.7 Å². The highest BCUT2D eigenvalue weighted by atomic mass is 14.7. The number of unbranched alkanes of at least 4 members (excludes halogenated alkanes) is 2. The van der Waals surface area contributed by atoms with Gasteiger partial charge in [0.15, 0.2) is 0 Å². The van der Waals surface area contributed by atoms with Crippen molar-refractivity contribution in [3.05, 3.63) is 12.2 Å². The van der Waals surface area contributed by atoms with Crippen LogP contribution in [0.2, 0.25) is 0 Å². The first kappa shape index (κ1) is 9.77. The van der Waals surface area contributed by atoms with Crippen molar-refractivity contribution >= 4 is 5.84 Å². The molecule has 0 atom stereocenters. The van der Waals surface area contributed by atoms with Gasteiger partial charge in [-0.05, 0) is 24.8 Å². The predicted octanol–water partition coefficient (Wildman–Crippen LogP) is 1.67. The summed E-state index contributed by atoms with van der Waals surface area (Å²) in [6.07, 6.45) is 8.62. The Morgan fingerprint density at radius 1 is 1.55 bits per heavy atom. The van der Waals surface area contributed by atoms with E-state index in [0.29, 0.717) is 5.57 Å². The minimum Gasteiger partial charge on any atom is -0.384 e. The highest BCUT2D eigenvalue weighted by molar-refractivity contribution is 5.93. The Hall–Kier alpha value is -1.23. The Balaban J connectivity index is 3.34. The van der Waals surface area contributed by atoms with Crippen molar-refractivity contribution in [3.63, 3.8) is 0 Å². The van der Waals surface area contributed by atoms with Crippen LogP contribution in [0.15, 0.2) is 12.2 Å². The van der Waals surface area contributed by atoms with Gasteiger partial charge in [-0.1, -0.05) is 6.58 Å². The second-order valence-corrected chi connectivity index (χ2v) is 2.43. The molecule has 2 nitrogen and oxygen atoms in total. The number of hydrogen-bond acceptors (Lipinski definition) is 1. The van der Waals surface area contributed by atoms with E-state index < -0.39 is 0 Å². The van der Waals surface area contributed by atoms with Crippen LogP contribution in [0.3, 0.4) is 0 Å². The van der Waals surface area contributed by atoms with Gasteiger partial charge in [0.1, 0.15) is 5.84 Å². The molecule has 0 heterocycles. The fourth-order valence-electron chi connectivity index (χ4n) is 0.700. The normalized spacial score (nSPS) is 8.64. The number of hydrogen-bond donors (Lipinski definition) is 2. The van der Waals surface area contributed by atoms with E-state index >= 15 is 0 Å². The fourth-order valence-corrected chi connectivity index (χ4v) is 0.700. The zero-order valence-electron chi connectivity index (χ0n) is 6.69. The monoisotopic (exact) mass is 150 g/mol. The van der Waals surface area contributed by atoms with Crippen molar-refractivity contribution in [1.29, 1.82) is 5.41 Å². The molecule has 0 aliphatic heterocycles. The van der Waals surface area contributed by atoms with Crippen molar-refractivity contribution < 1.29 is 0 Å². The molecule has 0 bridgehead atoms. The number of nitrogens with two attached hydrogens (primary N) is 1. The lowest BCUT2D eigenvalue weighted by Gasteiger charge is -2.00. The van der Waals surface area contributed by atoms with E-state index in [1.807, 2.05) is 0 Å². The van der Waals surface area contributed by atoms with Crippen LogP contribution >= 0.6 is 0 Å². The summed E-state index contributed by atoms with van der Waals surface area (Å²) in [4.78, 5) is 0. The van der Waals surface area contributed by atoms with Gasteiger partial charge in [0.05, 0.1) is 0 Å². The molecule has 0 saturated heterocycles. The summed E-state index contributed by atoms with van der Waals surface area (Å²) < 4.78 is 0. The lowest BCUT2D eigenvalue weighted by Crippen LogP contribution is -2.11. The lowest BCUT2D eigenvalue weighted by molar-refractivity contribution is 0.763. The third-order valence-corrected chi connectivity index (χ3v) is 1.43. The Labute approximate surface area is 68.0 Å². The van der Waals surface area contributed by atoms with E-state index in [9.17, 15) is 0 Å². The largest absolute Gasteiger partial charge is 0.384 e. The first-order chi connectivity index (χ1) is 5.18. The molecule has 0 amide bonds. The maximum Gasteiger partial charge on any atom is 0.118 e. The summed E-state index contributed by atoms with van der Waals surface area (Å²) in [7, 11) is 0. The van der Waals surface area contributed by atoms with Gasteiger partial charge in [-0.2, -0.15) is 0 Å².